The number of halogens is 3. The normalized spacial score (nSPS) is 11.9. The van der Waals surface area contributed by atoms with Crippen LogP contribution in [0.4, 0.5) is 13.2 Å². The summed E-state index contributed by atoms with van der Waals surface area (Å²) in [6.07, 6.45) is -1.11. The Balaban J connectivity index is 2.96. The van der Waals surface area contributed by atoms with Crippen molar-refractivity contribution in [1.29, 1.82) is 0 Å². The topological polar surface area (TPSA) is 17.1 Å². The largest absolute Gasteiger partial charge is 0.416 e. The number of rotatable bonds is 3. The van der Waals surface area contributed by atoms with Crippen LogP contribution in [0.5, 0.6) is 0 Å². The molecular weight excluding hydrogens is 205 g/mol. The molecule has 80 valence electrons. The van der Waals surface area contributed by atoms with E-state index in [1.807, 2.05) is 0 Å². The van der Waals surface area contributed by atoms with Crippen LogP contribution in [-0.2, 0) is 17.4 Å². The lowest BCUT2D eigenvalue weighted by Gasteiger charge is -2.10. The third-order valence-corrected chi connectivity index (χ3v) is 1.88. The second-order valence-corrected chi connectivity index (χ2v) is 2.92. The predicted molar refractivity (Wildman–Crippen MR) is 50.4 cm³/mol. The zero-order valence-electron chi connectivity index (χ0n) is 7.79. The van der Waals surface area contributed by atoms with Crippen molar-refractivity contribution in [1.82, 2.24) is 0 Å². The van der Waals surface area contributed by atoms with Gasteiger partial charge in [0.2, 0.25) is 0 Å². The Morgan fingerprint density at radius 1 is 1.20 bits per heavy atom. The van der Waals surface area contributed by atoms with Crippen LogP contribution in [0, 0.1) is 0 Å². The molecule has 0 spiro atoms. The molecule has 0 atom stereocenters. The average Bonchev–Trinajstić information content (AvgIpc) is 2.17. The van der Waals surface area contributed by atoms with Gasteiger partial charge in [0.15, 0.2) is 0 Å². The lowest BCUT2D eigenvalue weighted by molar-refractivity contribution is -0.138. The zero-order chi connectivity index (χ0) is 11.3. The first-order chi connectivity index (χ1) is 7.05. The minimum absolute atomic E-state index is 0.106. The molecule has 0 heterocycles. The monoisotopic (exact) mass is 214 g/mol. The molecule has 0 aromatic heterocycles. The van der Waals surface area contributed by atoms with E-state index in [0.29, 0.717) is 6.29 Å². The maximum atomic E-state index is 12.5. The predicted octanol–water partition coefficient (Wildman–Crippen LogP) is 3.00. The molecular formula is C11H9F3O. The lowest BCUT2D eigenvalue weighted by atomic mass is 10.0. The second-order valence-electron chi connectivity index (χ2n) is 2.92. The molecule has 0 bridgehead atoms. The first-order valence-electron chi connectivity index (χ1n) is 4.31. The minimum Gasteiger partial charge on any atom is -0.299 e. The number of hydrogen-bond acceptors (Lipinski definition) is 1. The second kappa shape index (κ2) is 4.77. The standard InChI is InChI=1S/C11H9F3O/c12-11(13,14)10-7-2-1-5-9(10)6-3-4-8-15/h1-5,7-8H,6H2/b4-3+. The molecule has 0 amide bonds. The van der Waals surface area contributed by atoms with Crippen molar-refractivity contribution in [3.05, 3.63) is 47.5 Å². The van der Waals surface area contributed by atoms with Crippen LogP contribution in [0.2, 0.25) is 0 Å². The van der Waals surface area contributed by atoms with Gasteiger partial charge in [0.05, 0.1) is 5.56 Å². The van der Waals surface area contributed by atoms with Gasteiger partial charge in [0, 0.05) is 0 Å². The number of alkyl halides is 3. The molecule has 1 nitrogen and oxygen atoms in total. The van der Waals surface area contributed by atoms with Crippen molar-refractivity contribution in [3.8, 4) is 0 Å². The molecule has 0 aliphatic heterocycles. The van der Waals surface area contributed by atoms with Crippen molar-refractivity contribution in [3.63, 3.8) is 0 Å². The Morgan fingerprint density at radius 3 is 2.47 bits per heavy atom. The third-order valence-electron chi connectivity index (χ3n) is 1.88. The van der Waals surface area contributed by atoms with Gasteiger partial charge in [0.25, 0.3) is 0 Å². The molecule has 0 saturated heterocycles. The van der Waals surface area contributed by atoms with Crippen LogP contribution in [0.3, 0.4) is 0 Å². The highest BCUT2D eigenvalue weighted by atomic mass is 19.4. The third kappa shape index (κ3) is 3.23. The molecule has 1 aromatic rings. The summed E-state index contributed by atoms with van der Waals surface area (Å²) in [7, 11) is 0. The molecule has 0 N–H and O–H groups in total. The van der Waals surface area contributed by atoms with E-state index in [9.17, 15) is 18.0 Å². The summed E-state index contributed by atoms with van der Waals surface area (Å²) in [4.78, 5) is 9.97. The summed E-state index contributed by atoms with van der Waals surface area (Å²) in [5.41, 5.74) is -0.483. The smallest absolute Gasteiger partial charge is 0.299 e. The van der Waals surface area contributed by atoms with Crippen LogP contribution in [0.15, 0.2) is 36.4 Å². The first kappa shape index (κ1) is 11.5. The van der Waals surface area contributed by atoms with Gasteiger partial charge in [-0.3, -0.25) is 4.79 Å². The molecule has 0 fully saturated rings. The number of carbonyl (C=O) groups excluding carboxylic acids is 1. The van der Waals surface area contributed by atoms with Gasteiger partial charge in [-0.15, -0.1) is 0 Å². The fourth-order valence-electron chi connectivity index (χ4n) is 1.23. The van der Waals surface area contributed by atoms with Crippen LogP contribution < -0.4 is 0 Å². The van der Waals surface area contributed by atoms with E-state index < -0.39 is 11.7 Å². The van der Waals surface area contributed by atoms with Crippen LogP contribution in [0.1, 0.15) is 11.1 Å². The Kier molecular flexibility index (Phi) is 3.66. The fourth-order valence-corrected chi connectivity index (χ4v) is 1.23. The quantitative estimate of drug-likeness (QED) is 0.558. The molecule has 0 radical (unpaired) electrons. The number of aldehydes is 1. The van der Waals surface area contributed by atoms with E-state index in [1.54, 1.807) is 6.07 Å². The Hall–Kier alpha value is -1.58. The molecule has 1 rings (SSSR count). The van der Waals surface area contributed by atoms with Gasteiger partial charge in [0.1, 0.15) is 6.29 Å². The van der Waals surface area contributed by atoms with Crippen molar-refractivity contribution in [2.75, 3.05) is 0 Å². The summed E-state index contributed by atoms with van der Waals surface area (Å²) >= 11 is 0. The highest BCUT2D eigenvalue weighted by Gasteiger charge is 2.32. The number of allylic oxidation sites excluding steroid dienone is 2. The fraction of sp³-hybridized carbons (Fsp3) is 0.182. The highest BCUT2D eigenvalue weighted by Crippen LogP contribution is 2.31. The molecule has 1 aromatic carbocycles. The highest BCUT2D eigenvalue weighted by molar-refractivity contribution is 5.64. The Bertz CT molecular complexity index is 366. The van der Waals surface area contributed by atoms with Crippen molar-refractivity contribution in [2.45, 2.75) is 12.6 Å². The van der Waals surface area contributed by atoms with E-state index in [0.717, 1.165) is 6.07 Å². The van der Waals surface area contributed by atoms with E-state index >= 15 is 0 Å². The van der Waals surface area contributed by atoms with Crippen molar-refractivity contribution in [2.24, 2.45) is 0 Å². The summed E-state index contributed by atoms with van der Waals surface area (Å²) in [6, 6.07) is 5.32. The number of hydrogen-bond donors (Lipinski definition) is 0. The Morgan fingerprint density at radius 2 is 1.87 bits per heavy atom. The molecule has 0 aliphatic rings. The molecule has 4 heteroatoms. The van der Waals surface area contributed by atoms with Crippen LogP contribution in [-0.4, -0.2) is 6.29 Å². The molecule has 15 heavy (non-hydrogen) atoms. The van der Waals surface area contributed by atoms with Gasteiger partial charge in [-0.25, -0.2) is 0 Å². The van der Waals surface area contributed by atoms with Crippen LogP contribution in [0.25, 0.3) is 0 Å². The maximum Gasteiger partial charge on any atom is 0.416 e. The summed E-state index contributed by atoms with van der Waals surface area (Å²) in [6.45, 7) is 0. The maximum absolute atomic E-state index is 12.5. The van der Waals surface area contributed by atoms with Gasteiger partial charge in [-0.2, -0.15) is 13.2 Å². The van der Waals surface area contributed by atoms with Crippen molar-refractivity contribution >= 4 is 6.29 Å². The Labute approximate surface area is 85.2 Å². The van der Waals surface area contributed by atoms with E-state index in [1.165, 1.54) is 24.3 Å². The van der Waals surface area contributed by atoms with E-state index in [4.69, 9.17) is 0 Å². The number of benzene rings is 1. The van der Waals surface area contributed by atoms with E-state index in [2.05, 4.69) is 0 Å². The molecule has 0 saturated carbocycles. The molecule has 0 unspecified atom stereocenters. The first-order valence-corrected chi connectivity index (χ1v) is 4.31. The SMILES string of the molecule is O=C/C=C/Cc1ccccc1C(F)(F)F. The van der Waals surface area contributed by atoms with Gasteiger partial charge < -0.3 is 0 Å². The van der Waals surface area contributed by atoms with Crippen LogP contribution >= 0.6 is 0 Å². The van der Waals surface area contributed by atoms with Gasteiger partial charge >= 0.3 is 6.18 Å². The van der Waals surface area contributed by atoms with E-state index in [-0.39, 0.29) is 12.0 Å². The summed E-state index contributed by atoms with van der Waals surface area (Å²) in [5.74, 6) is 0. The average molecular weight is 214 g/mol. The summed E-state index contributed by atoms with van der Waals surface area (Å²) < 4.78 is 37.4. The number of carbonyl (C=O) groups is 1. The zero-order valence-corrected chi connectivity index (χ0v) is 7.79. The van der Waals surface area contributed by atoms with Gasteiger partial charge in [-0.05, 0) is 24.1 Å². The summed E-state index contributed by atoms with van der Waals surface area (Å²) in [5, 5.41) is 0. The lowest BCUT2D eigenvalue weighted by Crippen LogP contribution is -2.08. The van der Waals surface area contributed by atoms with Crippen molar-refractivity contribution < 1.29 is 18.0 Å². The minimum atomic E-state index is -4.34. The van der Waals surface area contributed by atoms with Gasteiger partial charge in [-0.1, -0.05) is 24.3 Å². The molecule has 0 aliphatic carbocycles.